The minimum absolute atomic E-state index is 0.113. The molecule has 1 aliphatic rings. The van der Waals surface area contributed by atoms with Crippen LogP contribution in [0, 0.1) is 11.7 Å². The lowest BCUT2D eigenvalue weighted by atomic mass is 10.0. The van der Waals surface area contributed by atoms with Crippen LogP contribution in [0.25, 0.3) is 0 Å². The maximum absolute atomic E-state index is 13.2. The summed E-state index contributed by atoms with van der Waals surface area (Å²) in [5, 5.41) is 2.80. The molecular formula is C22H25FN2O4. The van der Waals surface area contributed by atoms with Gasteiger partial charge in [0, 0.05) is 18.7 Å². The van der Waals surface area contributed by atoms with Crippen LogP contribution in [-0.4, -0.2) is 36.1 Å². The Morgan fingerprint density at radius 2 is 1.79 bits per heavy atom. The van der Waals surface area contributed by atoms with Crippen molar-refractivity contribution in [2.75, 3.05) is 13.3 Å². The Bertz CT molecular complexity index is 883. The normalized spacial score (nSPS) is 13.3. The largest absolute Gasteiger partial charge is 0.454 e. The summed E-state index contributed by atoms with van der Waals surface area (Å²) < 4.78 is 23.8. The molecule has 0 saturated heterocycles. The van der Waals surface area contributed by atoms with Crippen molar-refractivity contribution in [3.05, 3.63) is 59.4 Å². The maximum atomic E-state index is 13.2. The molecule has 0 radical (unpaired) electrons. The quantitative estimate of drug-likeness (QED) is 0.774. The summed E-state index contributed by atoms with van der Waals surface area (Å²) in [6.45, 7) is 6.72. The van der Waals surface area contributed by atoms with Gasteiger partial charge in [-0.2, -0.15) is 0 Å². The van der Waals surface area contributed by atoms with Gasteiger partial charge in [-0.25, -0.2) is 4.39 Å². The summed E-state index contributed by atoms with van der Waals surface area (Å²) in [5.41, 5.74) is 1.22. The van der Waals surface area contributed by atoms with Crippen LogP contribution in [-0.2, 0) is 11.3 Å². The molecule has 1 unspecified atom stereocenters. The second kappa shape index (κ2) is 8.94. The Morgan fingerprint density at radius 1 is 1.10 bits per heavy atom. The molecule has 0 fully saturated rings. The molecule has 1 aliphatic heterocycles. The van der Waals surface area contributed by atoms with Gasteiger partial charge in [-0.15, -0.1) is 0 Å². The lowest BCUT2D eigenvalue weighted by Gasteiger charge is -2.29. The highest BCUT2D eigenvalue weighted by Gasteiger charge is 2.28. The van der Waals surface area contributed by atoms with Crippen molar-refractivity contribution in [3.8, 4) is 11.5 Å². The number of amides is 2. The fourth-order valence-corrected chi connectivity index (χ4v) is 3.14. The SMILES string of the molecule is CCN(Cc1ccc2c(c1)OCO2)C(=O)C(NC(=O)c1ccc(F)cc1)C(C)C. The molecule has 0 saturated carbocycles. The van der Waals surface area contributed by atoms with Crippen LogP contribution in [0.2, 0.25) is 0 Å². The standard InChI is InChI=1S/C22H25FN2O4/c1-4-25(12-15-5-10-18-19(11-15)29-13-28-18)22(27)20(14(2)3)24-21(26)16-6-8-17(23)9-7-16/h5-11,14,20H,4,12-13H2,1-3H3,(H,24,26). The number of benzene rings is 2. The number of hydrogen-bond donors (Lipinski definition) is 1. The molecule has 6 nitrogen and oxygen atoms in total. The lowest BCUT2D eigenvalue weighted by molar-refractivity contribution is -0.134. The zero-order chi connectivity index (χ0) is 21.0. The van der Waals surface area contributed by atoms with E-state index in [2.05, 4.69) is 5.32 Å². The van der Waals surface area contributed by atoms with Crippen molar-refractivity contribution < 1.29 is 23.5 Å². The predicted octanol–water partition coefficient (Wildman–Crippen LogP) is 3.36. The van der Waals surface area contributed by atoms with E-state index in [1.807, 2.05) is 39.0 Å². The molecule has 0 aromatic heterocycles. The maximum Gasteiger partial charge on any atom is 0.251 e. The number of hydrogen-bond acceptors (Lipinski definition) is 4. The molecule has 0 spiro atoms. The van der Waals surface area contributed by atoms with Gasteiger partial charge in [0.1, 0.15) is 11.9 Å². The van der Waals surface area contributed by atoms with Crippen molar-refractivity contribution in [1.82, 2.24) is 10.2 Å². The highest BCUT2D eigenvalue weighted by Crippen LogP contribution is 2.32. The minimum Gasteiger partial charge on any atom is -0.454 e. The van der Waals surface area contributed by atoms with E-state index in [9.17, 15) is 14.0 Å². The molecule has 1 atom stereocenters. The Kier molecular flexibility index (Phi) is 6.36. The molecular weight excluding hydrogens is 375 g/mol. The first-order valence-electron chi connectivity index (χ1n) is 9.62. The first-order chi connectivity index (χ1) is 13.9. The fourth-order valence-electron chi connectivity index (χ4n) is 3.14. The summed E-state index contributed by atoms with van der Waals surface area (Å²) in [6.07, 6.45) is 0. The number of nitrogens with one attached hydrogen (secondary N) is 1. The number of halogens is 1. The average Bonchev–Trinajstić information content (AvgIpc) is 3.17. The molecule has 2 aromatic rings. The van der Waals surface area contributed by atoms with Crippen LogP contribution < -0.4 is 14.8 Å². The van der Waals surface area contributed by atoms with E-state index in [-0.39, 0.29) is 18.6 Å². The number of ether oxygens (including phenoxy) is 2. The Hall–Kier alpha value is -3.09. The third-order valence-electron chi connectivity index (χ3n) is 4.83. The Labute approximate surface area is 169 Å². The summed E-state index contributed by atoms with van der Waals surface area (Å²) in [4.78, 5) is 27.4. The molecule has 7 heteroatoms. The van der Waals surface area contributed by atoms with Crippen LogP contribution in [0.5, 0.6) is 11.5 Å². The summed E-state index contributed by atoms with van der Waals surface area (Å²) in [7, 11) is 0. The second-order valence-corrected chi connectivity index (χ2v) is 7.24. The van der Waals surface area contributed by atoms with Crippen molar-refractivity contribution in [2.24, 2.45) is 5.92 Å². The summed E-state index contributed by atoms with van der Waals surface area (Å²) in [5.74, 6) is 0.245. The highest BCUT2D eigenvalue weighted by molar-refractivity contribution is 5.97. The van der Waals surface area contributed by atoms with Crippen molar-refractivity contribution in [2.45, 2.75) is 33.4 Å². The first kappa shape index (κ1) is 20.6. The van der Waals surface area contributed by atoms with Crippen molar-refractivity contribution >= 4 is 11.8 Å². The third kappa shape index (κ3) is 4.85. The van der Waals surface area contributed by atoms with Gasteiger partial charge in [-0.3, -0.25) is 9.59 Å². The average molecular weight is 400 g/mol. The Balaban J connectivity index is 1.72. The molecule has 1 N–H and O–H groups in total. The topological polar surface area (TPSA) is 67.9 Å². The second-order valence-electron chi connectivity index (χ2n) is 7.24. The molecule has 3 rings (SSSR count). The minimum atomic E-state index is -0.693. The van der Waals surface area contributed by atoms with Crippen LogP contribution >= 0.6 is 0 Å². The zero-order valence-corrected chi connectivity index (χ0v) is 16.8. The number of fused-ring (bicyclic) bond motifs is 1. The lowest BCUT2D eigenvalue weighted by Crippen LogP contribution is -2.51. The summed E-state index contributed by atoms with van der Waals surface area (Å²) in [6, 6.07) is 10.1. The van der Waals surface area contributed by atoms with E-state index in [1.165, 1.54) is 24.3 Å². The van der Waals surface area contributed by atoms with E-state index >= 15 is 0 Å². The van der Waals surface area contributed by atoms with Gasteiger partial charge in [-0.05, 0) is 54.8 Å². The van der Waals surface area contributed by atoms with Crippen molar-refractivity contribution in [1.29, 1.82) is 0 Å². The number of rotatable bonds is 7. The van der Waals surface area contributed by atoms with E-state index in [4.69, 9.17) is 9.47 Å². The third-order valence-corrected chi connectivity index (χ3v) is 4.83. The summed E-state index contributed by atoms with van der Waals surface area (Å²) >= 11 is 0. The number of carbonyl (C=O) groups is 2. The molecule has 2 amide bonds. The van der Waals surface area contributed by atoms with E-state index in [0.717, 1.165) is 5.56 Å². The first-order valence-corrected chi connectivity index (χ1v) is 9.62. The van der Waals surface area contributed by atoms with E-state index < -0.39 is 17.8 Å². The smallest absolute Gasteiger partial charge is 0.251 e. The van der Waals surface area contributed by atoms with E-state index in [0.29, 0.717) is 30.2 Å². The van der Waals surface area contributed by atoms with E-state index in [1.54, 1.807) is 4.90 Å². The molecule has 0 aliphatic carbocycles. The van der Waals surface area contributed by atoms with Crippen molar-refractivity contribution in [3.63, 3.8) is 0 Å². The van der Waals surface area contributed by atoms with Gasteiger partial charge in [0.05, 0.1) is 0 Å². The van der Waals surface area contributed by atoms with Gasteiger partial charge in [-0.1, -0.05) is 19.9 Å². The monoisotopic (exact) mass is 400 g/mol. The fraction of sp³-hybridized carbons (Fsp3) is 0.364. The zero-order valence-electron chi connectivity index (χ0n) is 16.8. The number of likely N-dealkylation sites (N-methyl/N-ethyl adjacent to an activating group) is 1. The molecule has 154 valence electrons. The van der Waals surface area contributed by atoms with Crippen LogP contribution in [0.4, 0.5) is 4.39 Å². The van der Waals surface area contributed by atoms with Gasteiger partial charge in [0.15, 0.2) is 11.5 Å². The highest BCUT2D eigenvalue weighted by atomic mass is 19.1. The molecule has 29 heavy (non-hydrogen) atoms. The van der Waals surface area contributed by atoms with Crippen LogP contribution in [0.1, 0.15) is 36.7 Å². The Morgan fingerprint density at radius 3 is 2.45 bits per heavy atom. The molecule has 1 heterocycles. The van der Waals surface area contributed by atoms with Crippen LogP contribution in [0.15, 0.2) is 42.5 Å². The van der Waals surface area contributed by atoms with Crippen LogP contribution in [0.3, 0.4) is 0 Å². The van der Waals surface area contributed by atoms with Gasteiger partial charge in [0.2, 0.25) is 12.7 Å². The number of nitrogens with zero attached hydrogens (tertiary/aromatic N) is 1. The van der Waals surface area contributed by atoms with Gasteiger partial charge >= 0.3 is 0 Å². The molecule has 2 aromatic carbocycles. The van der Waals surface area contributed by atoms with Gasteiger partial charge in [0.25, 0.3) is 5.91 Å². The predicted molar refractivity (Wildman–Crippen MR) is 106 cm³/mol. The van der Waals surface area contributed by atoms with Gasteiger partial charge < -0.3 is 19.7 Å². The molecule has 0 bridgehead atoms. The number of carbonyl (C=O) groups excluding carboxylic acids is 2.